The molecule has 0 aliphatic carbocycles. The van der Waals surface area contributed by atoms with Crippen LogP contribution in [-0.2, 0) is 0 Å². The van der Waals surface area contributed by atoms with E-state index in [9.17, 15) is 10.1 Å². The Hall–Kier alpha value is -2.86. The second kappa shape index (κ2) is 7.95. The Balaban J connectivity index is 2.21. The van der Waals surface area contributed by atoms with E-state index in [0.29, 0.717) is 12.2 Å². The van der Waals surface area contributed by atoms with Crippen molar-refractivity contribution in [2.75, 3.05) is 6.61 Å². The van der Waals surface area contributed by atoms with E-state index in [4.69, 9.17) is 4.74 Å². The Morgan fingerprint density at radius 1 is 1.22 bits per heavy atom. The van der Waals surface area contributed by atoms with Crippen molar-refractivity contribution in [2.45, 2.75) is 20.3 Å². The predicted octanol–water partition coefficient (Wildman–Crippen LogP) is 4.57. The van der Waals surface area contributed by atoms with Gasteiger partial charge in [-0.25, -0.2) is 0 Å². The first-order valence-electron chi connectivity index (χ1n) is 7.60. The van der Waals surface area contributed by atoms with E-state index < -0.39 is 0 Å². The highest BCUT2D eigenvalue weighted by atomic mass is 16.5. The van der Waals surface area contributed by atoms with Gasteiger partial charge in [-0.3, -0.25) is 4.79 Å². The second-order valence-corrected chi connectivity index (χ2v) is 5.29. The number of carbonyl (C=O) groups is 1. The molecule has 0 unspecified atom stereocenters. The highest BCUT2D eigenvalue weighted by Crippen LogP contribution is 2.17. The maximum absolute atomic E-state index is 12.4. The number of aryl methyl sites for hydroxylation is 1. The van der Waals surface area contributed by atoms with Crippen LogP contribution in [0.3, 0.4) is 0 Å². The van der Waals surface area contributed by atoms with Crippen molar-refractivity contribution in [3.63, 3.8) is 0 Å². The zero-order chi connectivity index (χ0) is 16.7. The lowest BCUT2D eigenvalue weighted by molar-refractivity contribution is 0.104. The monoisotopic (exact) mass is 305 g/mol. The third-order valence-electron chi connectivity index (χ3n) is 3.31. The fourth-order valence-corrected chi connectivity index (χ4v) is 2.14. The second-order valence-electron chi connectivity index (χ2n) is 5.29. The predicted molar refractivity (Wildman–Crippen MR) is 91.3 cm³/mol. The van der Waals surface area contributed by atoms with Gasteiger partial charge in [0.1, 0.15) is 17.4 Å². The molecule has 0 bridgehead atoms. The topological polar surface area (TPSA) is 50.1 Å². The van der Waals surface area contributed by atoms with Gasteiger partial charge in [-0.05, 0) is 43.2 Å². The summed E-state index contributed by atoms with van der Waals surface area (Å²) in [5, 5.41) is 9.30. The zero-order valence-electron chi connectivity index (χ0n) is 13.4. The summed E-state index contributed by atoms with van der Waals surface area (Å²) in [4.78, 5) is 12.4. The Morgan fingerprint density at radius 3 is 2.57 bits per heavy atom. The number of hydrogen-bond acceptors (Lipinski definition) is 3. The summed E-state index contributed by atoms with van der Waals surface area (Å²) >= 11 is 0. The minimum atomic E-state index is -0.262. The van der Waals surface area contributed by atoms with E-state index >= 15 is 0 Å². The number of carbonyl (C=O) groups excluding carboxylic acids is 1. The first-order chi connectivity index (χ1) is 11.1. The third kappa shape index (κ3) is 4.55. The van der Waals surface area contributed by atoms with Crippen LogP contribution in [0.4, 0.5) is 0 Å². The van der Waals surface area contributed by atoms with E-state index in [1.807, 2.05) is 56.3 Å². The Morgan fingerprint density at radius 2 is 1.96 bits per heavy atom. The molecule has 3 nitrogen and oxygen atoms in total. The van der Waals surface area contributed by atoms with Crippen LogP contribution in [-0.4, -0.2) is 12.4 Å². The molecule has 3 heteroatoms. The van der Waals surface area contributed by atoms with Gasteiger partial charge in [0.2, 0.25) is 5.78 Å². The molecule has 0 N–H and O–H groups in total. The van der Waals surface area contributed by atoms with Crippen LogP contribution in [0.25, 0.3) is 6.08 Å². The van der Waals surface area contributed by atoms with Crippen LogP contribution >= 0.6 is 0 Å². The largest absolute Gasteiger partial charge is 0.494 e. The molecule has 0 fully saturated rings. The van der Waals surface area contributed by atoms with Gasteiger partial charge in [0, 0.05) is 5.56 Å². The van der Waals surface area contributed by atoms with Crippen LogP contribution in [0, 0.1) is 18.3 Å². The summed E-state index contributed by atoms with van der Waals surface area (Å²) in [6.07, 6.45) is 2.56. The number of ether oxygens (including phenoxy) is 1. The van der Waals surface area contributed by atoms with Crippen molar-refractivity contribution in [2.24, 2.45) is 0 Å². The van der Waals surface area contributed by atoms with E-state index in [-0.39, 0.29) is 11.4 Å². The summed E-state index contributed by atoms with van der Waals surface area (Å²) in [6, 6.07) is 16.6. The van der Waals surface area contributed by atoms with Gasteiger partial charge in [0.15, 0.2) is 0 Å². The van der Waals surface area contributed by atoms with Crippen LogP contribution < -0.4 is 4.74 Å². The smallest absolute Gasteiger partial charge is 0.203 e. The number of ketones is 1. The highest BCUT2D eigenvalue weighted by molar-refractivity contribution is 6.14. The van der Waals surface area contributed by atoms with Gasteiger partial charge in [-0.15, -0.1) is 0 Å². The van der Waals surface area contributed by atoms with Crippen molar-refractivity contribution < 1.29 is 9.53 Å². The molecule has 2 aromatic carbocycles. The molecule has 0 saturated heterocycles. The highest BCUT2D eigenvalue weighted by Gasteiger charge is 2.12. The van der Waals surface area contributed by atoms with E-state index in [2.05, 4.69) is 0 Å². The van der Waals surface area contributed by atoms with Gasteiger partial charge < -0.3 is 4.74 Å². The minimum absolute atomic E-state index is 0.123. The van der Waals surface area contributed by atoms with Crippen molar-refractivity contribution in [3.05, 3.63) is 70.8 Å². The Kier molecular flexibility index (Phi) is 5.71. The number of allylic oxidation sites excluding steroid dienone is 1. The van der Waals surface area contributed by atoms with Gasteiger partial charge >= 0.3 is 0 Å². The summed E-state index contributed by atoms with van der Waals surface area (Å²) in [6.45, 7) is 4.64. The number of Topliss-reactive ketones (excluding diaryl/α,β-unsaturated/α-hetero) is 1. The van der Waals surface area contributed by atoms with Crippen LogP contribution in [0.1, 0.15) is 34.8 Å². The lowest BCUT2D eigenvalue weighted by Crippen LogP contribution is -2.02. The lowest BCUT2D eigenvalue weighted by Gasteiger charge is -2.05. The number of benzene rings is 2. The molecule has 23 heavy (non-hydrogen) atoms. The first-order valence-corrected chi connectivity index (χ1v) is 7.60. The maximum atomic E-state index is 12.4. The summed E-state index contributed by atoms with van der Waals surface area (Å²) < 4.78 is 5.52. The minimum Gasteiger partial charge on any atom is -0.494 e. The molecule has 0 aromatic heterocycles. The lowest BCUT2D eigenvalue weighted by atomic mass is 10.0. The number of hydrogen-bond donors (Lipinski definition) is 0. The van der Waals surface area contributed by atoms with Crippen molar-refractivity contribution in [3.8, 4) is 11.8 Å². The van der Waals surface area contributed by atoms with Crippen molar-refractivity contribution in [1.29, 1.82) is 5.26 Å². The van der Waals surface area contributed by atoms with Crippen LogP contribution in [0.5, 0.6) is 5.75 Å². The zero-order valence-corrected chi connectivity index (χ0v) is 13.4. The van der Waals surface area contributed by atoms with Crippen LogP contribution in [0.2, 0.25) is 0 Å². The molecule has 0 aliphatic heterocycles. The third-order valence-corrected chi connectivity index (χ3v) is 3.31. The fourth-order valence-electron chi connectivity index (χ4n) is 2.14. The standard InChI is InChI=1S/C20H19NO2/c1-3-11-23-19-9-7-16(8-10-19)13-18(14-21)20(22)17-6-4-5-15(2)12-17/h4-10,12-13H,3,11H2,1-2H3/b18-13+. The molecule has 0 radical (unpaired) electrons. The summed E-state index contributed by atoms with van der Waals surface area (Å²) in [7, 11) is 0. The molecule has 0 spiro atoms. The van der Waals surface area contributed by atoms with Gasteiger partial charge in [-0.1, -0.05) is 42.8 Å². The first kappa shape index (κ1) is 16.5. The average molecular weight is 305 g/mol. The molecule has 0 atom stereocenters. The summed E-state index contributed by atoms with van der Waals surface area (Å²) in [5.74, 6) is 0.523. The summed E-state index contributed by atoms with van der Waals surface area (Å²) in [5.41, 5.74) is 2.44. The fraction of sp³-hybridized carbons (Fsp3) is 0.200. The van der Waals surface area contributed by atoms with Crippen LogP contribution in [0.15, 0.2) is 54.1 Å². The molecular formula is C20H19NO2. The average Bonchev–Trinajstić information content (AvgIpc) is 2.58. The quantitative estimate of drug-likeness (QED) is 0.446. The van der Waals surface area contributed by atoms with E-state index in [1.54, 1.807) is 18.2 Å². The molecule has 0 amide bonds. The SMILES string of the molecule is CCCOc1ccc(/C=C(\C#N)C(=O)c2cccc(C)c2)cc1. The van der Waals surface area contributed by atoms with E-state index in [1.165, 1.54) is 0 Å². The Labute approximate surface area is 136 Å². The van der Waals surface area contributed by atoms with E-state index in [0.717, 1.165) is 23.3 Å². The van der Waals surface area contributed by atoms with Crippen molar-refractivity contribution >= 4 is 11.9 Å². The molecule has 116 valence electrons. The maximum Gasteiger partial charge on any atom is 0.203 e. The number of nitrogens with zero attached hydrogens (tertiary/aromatic N) is 1. The molecule has 0 aliphatic rings. The molecule has 0 heterocycles. The van der Waals surface area contributed by atoms with Crippen molar-refractivity contribution in [1.82, 2.24) is 0 Å². The van der Waals surface area contributed by atoms with Gasteiger partial charge in [0.25, 0.3) is 0 Å². The molecule has 2 aromatic rings. The molecular weight excluding hydrogens is 286 g/mol. The van der Waals surface area contributed by atoms with Gasteiger partial charge in [-0.2, -0.15) is 5.26 Å². The number of rotatable bonds is 6. The Bertz CT molecular complexity index is 752. The number of nitriles is 1. The molecule has 0 saturated carbocycles. The van der Waals surface area contributed by atoms with Gasteiger partial charge in [0.05, 0.1) is 6.61 Å². The normalized spacial score (nSPS) is 10.9. The molecule has 2 rings (SSSR count).